The number of ether oxygens (including phenoxy) is 1. The van der Waals surface area contributed by atoms with E-state index in [-0.39, 0.29) is 0 Å². The van der Waals surface area contributed by atoms with E-state index in [1.165, 1.54) is 12.0 Å². The maximum atomic E-state index is 11.7. The Hall–Kier alpha value is -4.00. The first-order chi connectivity index (χ1) is 14.2. The minimum absolute atomic E-state index is 0.422. The number of pyridine rings is 1. The fourth-order valence-corrected chi connectivity index (χ4v) is 2.95. The molecule has 144 valence electrons. The lowest BCUT2D eigenvalue weighted by Gasteiger charge is -2.16. The first kappa shape index (κ1) is 18.4. The van der Waals surface area contributed by atoms with Gasteiger partial charge >= 0.3 is 6.09 Å². The Morgan fingerprint density at radius 2 is 1.69 bits per heavy atom. The number of para-hydroxylation sites is 1. The number of methoxy groups -OCH3 is 1. The number of hydrogen-bond acceptors (Lipinski definition) is 6. The molecule has 2 aromatic heterocycles. The molecule has 1 amide bonds. The van der Waals surface area contributed by atoms with Crippen LogP contribution in [0.5, 0.6) is 0 Å². The van der Waals surface area contributed by atoms with E-state index in [4.69, 9.17) is 9.72 Å². The highest BCUT2D eigenvalue weighted by Crippen LogP contribution is 2.28. The zero-order chi connectivity index (χ0) is 20.2. The lowest BCUT2D eigenvalue weighted by molar-refractivity contribution is 0.180. The van der Waals surface area contributed by atoms with Crippen molar-refractivity contribution in [1.29, 1.82) is 0 Å². The van der Waals surface area contributed by atoms with Crippen LogP contribution in [0.1, 0.15) is 0 Å². The molecule has 0 aliphatic heterocycles. The van der Waals surface area contributed by atoms with Crippen LogP contribution in [-0.4, -0.2) is 35.2 Å². The topological polar surface area (TPSA) is 80.2 Å². The van der Waals surface area contributed by atoms with Crippen molar-refractivity contribution in [3.8, 4) is 11.4 Å². The summed E-state index contributed by atoms with van der Waals surface area (Å²) in [5.41, 5.74) is 3.31. The summed E-state index contributed by atoms with van der Waals surface area (Å²) in [7, 11) is 3.02. The van der Waals surface area contributed by atoms with E-state index >= 15 is 0 Å². The van der Waals surface area contributed by atoms with E-state index in [9.17, 15) is 4.79 Å². The van der Waals surface area contributed by atoms with Gasteiger partial charge in [-0.25, -0.2) is 14.8 Å². The van der Waals surface area contributed by atoms with Gasteiger partial charge in [-0.05, 0) is 48.5 Å². The van der Waals surface area contributed by atoms with Crippen molar-refractivity contribution in [2.75, 3.05) is 24.4 Å². The SMILES string of the molecule is COC(=O)N(C)c1ccc(Nc2nc(-c3ccncc3)nc3ccccc23)cc1. The number of rotatable bonds is 4. The first-order valence-corrected chi connectivity index (χ1v) is 9.01. The second-order valence-corrected chi connectivity index (χ2v) is 6.35. The van der Waals surface area contributed by atoms with Crippen LogP contribution in [0.2, 0.25) is 0 Å². The van der Waals surface area contributed by atoms with Crippen LogP contribution in [0.25, 0.3) is 22.3 Å². The van der Waals surface area contributed by atoms with Crippen LogP contribution >= 0.6 is 0 Å². The molecule has 7 nitrogen and oxygen atoms in total. The van der Waals surface area contributed by atoms with Gasteiger partial charge in [0, 0.05) is 41.8 Å². The van der Waals surface area contributed by atoms with Crippen LogP contribution in [-0.2, 0) is 4.74 Å². The van der Waals surface area contributed by atoms with Gasteiger partial charge in [-0.2, -0.15) is 0 Å². The first-order valence-electron chi connectivity index (χ1n) is 9.01. The molecule has 0 bridgehead atoms. The Morgan fingerprint density at radius 3 is 2.41 bits per heavy atom. The summed E-state index contributed by atoms with van der Waals surface area (Å²) in [5, 5.41) is 4.28. The summed E-state index contributed by atoms with van der Waals surface area (Å²) in [5.74, 6) is 1.33. The smallest absolute Gasteiger partial charge is 0.413 e. The molecule has 4 aromatic rings. The minimum atomic E-state index is -0.422. The number of anilines is 3. The Bertz CT molecular complexity index is 1150. The third-order valence-electron chi connectivity index (χ3n) is 4.51. The number of aromatic nitrogens is 3. The zero-order valence-corrected chi connectivity index (χ0v) is 16.0. The van der Waals surface area contributed by atoms with Crippen molar-refractivity contribution in [3.05, 3.63) is 73.1 Å². The van der Waals surface area contributed by atoms with Gasteiger partial charge < -0.3 is 10.1 Å². The number of nitrogens with zero attached hydrogens (tertiary/aromatic N) is 4. The molecule has 0 aliphatic rings. The maximum absolute atomic E-state index is 11.7. The standard InChI is InChI=1S/C22H19N5O2/c1-27(22(28)29-2)17-9-7-16(8-10-17)24-21-18-5-3-4-6-19(18)25-20(26-21)15-11-13-23-14-12-15/h3-14H,1-2H3,(H,24,25,26). The second-order valence-electron chi connectivity index (χ2n) is 6.35. The Balaban J connectivity index is 1.69. The summed E-state index contributed by atoms with van der Waals surface area (Å²) in [6, 6.07) is 19.1. The van der Waals surface area contributed by atoms with Gasteiger partial charge in [-0.15, -0.1) is 0 Å². The predicted molar refractivity (Wildman–Crippen MR) is 113 cm³/mol. The molecule has 0 saturated heterocycles. The van der Waals surface area contributed by atoms with Gasteiger partial charge in [0.15, 0.2) is 5.82 Å². The maximum Gasteiger partial charge on any atom is 0.413 e. The quantitative estimate of drug-likeness (QED) is 0.551. The Morgan fingerprint density at radius 1 is 0.966 bits per heavy atom. The average molecular weight is 385 g/mol. The van der Waals surface area contributed by atoms with Gasteiger partial charge in [-0.1, -0.05) is 12.1 Å². The second kappa shape index (κ2) is 7.93. The molecule has 4 rings (SSSR count). The number of amides is 1. The lowest BCUT2D eigenvalue weighted by Crippen LogP contribution is -2.25. The molecular formula is C22H19N5O2. The van der Waals surface area contributed by atoms with E-state index in [2.05, 4.69) is 15.3 Å². The van der Waals surface area contributed by atoms with Crippen LogP contribution in [0.15, 0.2) is 73.1 Å². The molecule has 29 heavy (non-hydrogen) atoms. The number of benzene rings is 2. The van der Waals surface area contributed by atoms with Gasteiger partial charge in [-0.3, -0.25) is 9.88 Å². The van der Waals surface area contributed by atoms with E-state index in [1.54, 1.807) is 19.4 Å². The molecular weight excluding hydrogens is 366 g/mol. The molecule has 0 unspecified atom stereocenters. The average Bonchev–Trinajstić information content (AvgIpc) is 2.79. The monoisotopic (exact) mass is 385 g/mol. The van der Waals surface area contributed by atoms with Gasteiger partial charge in [0.05, 0.1) is 12.6 Å². The normalized spacial score (nSPS) is 10.6. The van der Waals surface area contributed by atoms with Crippen LogP contribution < -0.4 is 10.2 Å². The number of carbonyl (C=O) groups is 1. The van der Waals surface area contributed by atoms with E-state index in [1.807, 2.05) is 60.7 Å². The van der Waals surface area contributed by atoms with E-state index in [0.29, 0.717) is 11.6 Å². The van der Waals surface area contributed by atoms with Gasteiger partial charge in [0.25, 0.3) is 0 Å². The number of carbonyl (C=O) groups excluding carboxylic acids is 1. The Kier molecular flexibility index (Phi) is 5.03. The molecule has 0 fully saturated rings. The molecule has 0 radical (unpaired) electrons. The van der Waals surface area contributed by atoms with Crippen molar-refractivity contribution in [2.45, 2.75) is 0 Å². The minimum Gasteiger partial charge on any atom is -0.452 e. The highest BCUT2D eigenvalue weighted by molar-refractivity contribution is 5.92. The van der Waals surface area contributed by atoms with Crippen molar-refractivity contribution >= 4 is 34.2 Å². The highest BCUT2D eigenvalue weighted by atomic mass is 16.5. The van der Waals surface area contributed by atoms with Crippen molar-refractivity contribution in [3.63, 3.8) is 0 Å². The summed E-state index contributed by atoms with van der Waals surface area (Å²) in [6.45, 7) is 0. The highest BCUT2D eigenvalue weighted by Gasteiger charge is 2.12. The lowest BCUT2D eigenvalue weighted by atomic mass is 10.2. The predicted octanol–water partition coefficient (Wildman–Crippen LogP) is 4.64. The van der Waals surface area contributed by atoms with Crippen molar-refractivity contribution in [1.82, 2.24) is 15.0 Å². The van der Waals surface area contributed by atoms with Crippen molar-refractivity contribution < 1.29 is 9.53 Å². The zero-order valence-electron chi connectivity index (χ0n) is 16.0. The number of fused-ring (bicyclic) bond motifs is 1. The van der Waals surface area contributed by atoms with E-state index < -0.39 is 6.09 Å². The van der Waals surface area contributed by atoms with Gasteiger partial charge in [0.1, 0.15) is 5.82 Å². The molecule has 0 aliphatic carbocycles. The fraction of sp³-hybridized carbons (Fsp3) is 0.0909. The largest absolute Gasteiger partial charge is 0.452 e. The summed E-state index contributed by atoms with van der Waals surface area (Å²) >= 11 is 0. The molecule has 0 spiro atoms. The Labute approximate surface area is 168 Å². The molecule has 0 atom stereocenters. The third kappa shape index (κ3) is 3.84. The third-order valence-corrected chi connectivity index (χ3v) is 4.51. The molecule has 1 N–H and O–H groups in total. The number of nitrogens with one attached hydrogen (secondary N) is 1. The van der Waals surface area contributed by atoms with Crippen LogP contribution in [0.3, 0.4) is 0 Å². The summed E-state index contributed by atoms with van der Waals surface area (Å²) in [4.78, 5) is 26.6. The van der Waals surface area contributed by atoms with Gasteiger partial charge in [0.2, 0.25) is 0 Å². The van der Waals surface area contributed by atoms with Crippen molar-refractivity contribution in [2.24, 2.45) is 0 Å². The number of hydrogen-bond donors (Lipinski definition) is 1. The van der Waals surface area contributed by atoms with Crippen LogP contribution in [0, 0.1) is 0 Å². The molecule has 7 heteroatoms. The summed E-state index contributed by atoms with van der Waals surface area (Å²) < 4.78 is 4.75. The van der Waals surface area contributed by atoms with Crippen LogP contribution in [0.4, 0.5) is 22.0 Å². The fourth-order valence-electron chi connectivity index (χ4n) is 2.95. The summed E-state index contributed by atoms with van der Waals surface area (Å²) in [6.07, 6.45) is 3.02. The molecule has 2 heterocycles. The van der Waals surface area contributed by atoms with E-state index in [0.717, 1.165) is 27.8 Å². The molecule has 2 aromatic carbocycles. The molecule has 0 saturated carbocycles.